The SMILES string of the molecule is N#Cc1cc(Cl)cc(Oc2c(Cl)ccc(CNC(=O)c3[nH]c4cc(NC(=O)CN)ccc4c3OC(=O)C(F)(F)F)c2F)c1. The summed E-state index contributed by atoms with van der Waals surface area (Å²) in [5.74, 6) is -6.41. The van der Waals surface area contributed by atoms with E-state index in [1.165, 1.54) is 48.5 Å². The molecule has 3 aromatic carbocycles. The highest BCUT2D eigenvalue weighted by atomic mass is 35.5. The summed E-state index contributed by atoms with van der Waals surface area (Å²) in [5, 5.41) is 13.8. The molecular formula is C27H17Cl2F4N5O5. The topological polar surface area (TPSA) is 159 Å². The molecule has 0 aliphatic rings. The summed E-state index contributed by atoms with van der Waals surface area (Å²) in [6.07, 6.45) is -5.38. The predicted molar refractivity (Wildman–Crippen MR) is 146 cm³/mol. The first kappa shape index (κ1) is 31.1. The smallest absolute Gasteiger partial charge is 0.453 e. The van der Waals surface area contributed by atoms with Crippen molar-refractivity contribution in [2.45, 2.75) is 12.7 Å². The van der Waals surface area contributed by atoms with Gasteiger partial charge in [0.05, 0.1) is 28.7 Å². The predicted octanol–water partition coefficient (Wildman–Crippen LogP) is 5.57. The number of alkyl halides is 3. The molecule has 43 heavy (non-hydrogen) atoms. The molecule has 0 atom stereocenters. The average Bonchev–Trinajstić information content (AvgIpc) is 3.31. The summed E-state index contributed by atoms with van der Waals surface area (Å²) < 4.78 is 64.4. The van der Waals surface area contributed by atoms with Gasteiger partial charge in [0.2, 0.25) is 5.91 Å². The molecule has 16 heteroatoms. The number of nitriles is 1. The van der Waals surface area contributed by atoms with Crippen LogP contribution in [0.2, 0.25) is 10.0 Å². The number of nitrogens with zero attached hydrogens (tertiary/aromatic N) is 1. The van der Waals surface area contributed by atoms with Gasteiger partial charge in [-0.3, -0.25) is 9.59 Å². The second kappa shape index (κ2) is 12.6. The number of hydrogen-bond acceptors (Lipinski definition) is 7. The van der Waals surface area contributed by atoms with E-state index >= 15 is 4.39 Å². The maximum absolute atomic E-state index is 15.4. The Morgan fingerprint density at radius 3 is 2.47 bits per heavy atom. The first-order valence-electron chi connectivity index (χ1n) is 11.9. The van der Waals surface area contributed by atoms with Gasteiger partial charge in [-0.25, -0.2) is 9.18 Å². The second-order valence-electron chi connectivity index (χ2n) is 8.65. The zero-order valence-electron chi connectivity index (χ0n) is 21.4. The summed E-state index contributed by atoms with van der Waals surface area (Å²) in [7, 11) is 0. The number of halogens is 6. The zero-order chi connectivity index (χ0) is 31.5. The minimum atomic E-state index is -5.38. The fourth-order valence-electron chi connectivity index (χ4n) is 3.75. The molecule has 0 saturated carbocycles. The van der Waals surface area contributed by atoms with Crippen LogP contribution in [-0.2, 0) is 16.1 Å². The number of esters is 1. The quantitative estimate of drug-likeness (QED) is 0.145. The van der Waals surface area contributed by atoms with E-state index < -0.39 is 53.5 Å². The van der Waals surface area contributed by atoms with Gasteiger partial charge in [-0.15, -0.1) is 0 Å². The van der Waals surface area contributed by atoms with Crippen LogP contribution in [0, 0.1) is 17.1 Å². The number of carbonyl (C=O) groups is 3. The molecular weight excluding hydrogens is 621 g/mol. The van der Waals surface area contributed by atoms with Crippen LogP contribution in [0.5, 0.6) is 17.2 Å². The van der Waals surface area contributed by atoms with E-state index in [0.717, 1.165) is 0 Å². The number of aromatic amines is 1. The molecule has 222 valence electrons. The number of benzene rings is 3. The molecule has 0 aliphatic heterocycles. The Labute approximate surface area is 249 Å². The van der Waals surface area contributed by atoms with Crippen LogP contribution in [0.15, 0.2) is 48.5 Å². The van der Waals surface area contributed by atoms with Gasteiger partial charge in [-0.1, -0.05) is 29.3 Å². The Kier molecular flexibility index (Phi) is 9.10. The minimum Gasteiger partial charge on any atom is -0.453 e. The first-order chi connectivity index (χ1) is 20.3. The molecule has 5 N–H and O–H groups in total. The molecule has 4 rings (SSSR count). The van der Waals surface area contributed by atoms with E-state index in [9.17, 15) is 27.6 Å². The maximum atomic E-state index is 15.4. The van der Waals surface area contributed by atoms with Crippen molar-refractivity contribution in [2.75, 3.05) is 11.9 Å². The van der Waals surface area contributed by atoms with Crippen LogP contribution in [0.3, 0.4) is 0 Å². The Balaban J connectivity index is 1.63. The summed E-state index contributed by atoms with van der Waals surface area (Å²) in [6.45, 7) is -0.865. The van der Waals surface area contributed by atoms with Crippen LogP contribution in [0.4, 0.5) is 23.2 Å². The highest BCUT2D eigenvalue weighted by Crippen LogP contribution is 2.36. The maximum Gasteiger partial charge on any atom is 0.491 e. The third kappa shape index (κ3) is 7.15. The van der Waals surface area contributed by atoms with Gasteiger partial charge >= 0.3 is 12.1 Å². The number of ether oxygens (including phenoxy) is 2. The van der Waals surface area contributed by atoms with Gasteiger partial charge in [0.25, 0.3) is 5.91 Å². The van der Waals surface area contributed by atoms with Crippen molar-refractivity contribution in [3.8, 4) is 23.3 Å². The number of hydrogen-bond donors (Lipinski definition) is 4. The molecule has 0 bridgehead atoms. The summed E-state index contributed by atoms with van der Waals surface area (Å²) in [4.78, 5) is 38.9. The standard InChI is InChI=1S/C27H17Cl2F4N5O5/c28-14-5-12(9-34)6-16(7-14)42-24-18(29)4-1-13(21(24)30)11-36-25(40)22-23(43-26(41)27(31,32)33)17-3-2-15(8-19(17)38-22)37-20(39)10-35/h1-8,38H,10-11,35H2,(H,36,40)(H,37,39). The highest BCUT2D eigenvalue weighted by Gasteiger charge is 2.42. The van der Waals surface area contributed by atoms with Crippen molar-refractivity contribution >= 4 is 57.6 Å². The van der Waals surface area contributed by atoms with Gasteiger partial charge < -0.3 is 30.8 Å². The van der Waals surface area contributed by atoms with E-state index in [0.29, 0.717) is 0 Å². The van der Waals surface area contributed by atoms with Crippen molar-refractivity contribution in [2.24, 2.45) is 5.73 Å². The molecule has 10 nitrogen and oxygen atoms in total. The lowest BCUT2D eigenvalue weighted by atomic mass is 10.2. The minimum absolute atomic E-state index is 0.00209. The van der Waals surface area contributed by atoms with E-state index in [1.54, 1.807) is 0 Å². The van der Waals surface area contributed by atoms with Crippen molar-refractivity contribution in [3.05, 3.63) is 81.2 Å². The van der Waals surface area contributed by atoms with Gasteiger partial charge in [-0.2, -0.15) is 18.4 Å². The molecule has 0 aliphatic carbocycles. The van der Waals surface area contributed by atoms with Crippen molar-refractivity contribution in [1.29, 1.82) is 5.26 Å². The lowest BCUT2D eigenvalue weighted by molar-refractivity contribution is -0.189. The number of amides is 2. The molecule has 2 amide bonds. The number of fused-ring (bicyclic) bond motifs is 1. The van der Waals surface area contributed by atoms with Gasteiger partial charge in [0.1, 0.15) is 11.4 Å². The molecule has 1 aromatic heterocycles. The third-order valence-corrected chi connectivity index (χ3v) is 6.18. The fourth-order valence-corrected chi connectivity index (χ4v) is 4.16. The molecule has 0 unspecified atom stereocenters. The number of nitrogens with one attached hydrogen (secondary N) is 3. The summed E-state index contributed by atoms with van der Waals surface area (Å²) >= 11 is 12.1. The van der Waals surface area contributed by atoms with Gasteiger partial charge in [0.15, 0.2) is 17.3 Å². The molecule has 1 heterocycles. The normalized spacial score (nSPS) is 11.1. The Morgan fingerprint density at radius 2 is 1.79 bits per heavy atom. The highest BCUT2D eigenvalue weighted by molar-refractivity contribution is 6.32. The third-order valence-electron chi connectivity index (χ3n) is 5.66. The lowest BCUT2D eigenvalue weighted by Gasteiger charge is -2.13. The number of aromatic nitrogens is 1. The molecule has 4 aromatic rings. The lowest BCUT2D eigenvalue weighted by Crippen LogP contribution is -2.29. The largest absolute Gasteiger partial charge is 0.491 e. The van der Waals surface area contributed by atoms with Crippen molar-refractivity contribution in [3.63, 3.8) is 0 Å². The summed E-state index contributed by atoms with van der Waals surface area (Å²) in [5.41, 5.74) is 4.87. The average molecular weight is 638 g/mol. The van der Waals surface area contributed by atoms with Crippen molar-refractivity contribution in [1.82, 2.24) is 10.3 Å². The monoisotopic (exact) mass is 637 g/mol. The molecule has 0 spiro atoms. The Morgan fingerprint density at radius 1 is 1.05 bits per heavy atom. The molecule has 0 fully saturated rings. The van der Waals surface area contributed by atoms with E-state index in [2.05, 4.69) is 20.4 Å². The number of rotatable bonds is 8. The van der Waals surface area contributed by atoms with Crippen LogP contribution >= 0.6 is 23.2 Å². The Bertz CT molecular complexity index is 1800. The summed E-state index contributed by atoms with van der Waals surface area (Å²) in [6, 6.07) is 12.1. The van der Waals surface area contributed by atoms with Crippen molar-refractivity contribution < 1.29 is 41.4 Å². The molecule has 0 radical (unpaired) electrons. The Hall–Kier alpha value is -4.84. The van der Waals surface area contributed by atoms with E-state index in [4.69, 9.17) is 38.9 Å². The fraction of sp³-hybridized carbons (Fsp3) is 0.111. The first-order valence-corrected chi connectivity index (χ1v) is 12.6. The van der Waals surface area contributed by atoms with Gasteiger partial charge in [-0.05, 0) is 42.5 Å². The number of anilines is 1. The molecule has 0 saturated heterocycles. The van der Waals surface area contributed by atoms with Crippen LogP contribution in [0.1, 0.15) is 21.6 Å². The van der Waals surface area contributed by atoms with E-state index in [1.807, 2.05) is 6.07 Å². The zero-order valence-corrected chi connectivity index (χ0v) is 22.9. The van der Waals surface area contributed by atoms with Crippen LogP contribution in [0.25, 0.3) is 10.9 Å². The van der Waals surface area contributed by atoms with Gasteiger partial charge in [0, 0.05) is 28.2 Å². The number of H-pyrrole nitrogens is 1. The second-order valence-corrected chi connectivity index (χ2v) is 9.49. The van der Waals surface area contributed by atoms with Crippen LogP contribution < -0.4 is 25.8 Å². The van der Waals surface area contributed by atoms with E-state index in [-0.39, 0.29) is 50.1 Å². The number of carbonyl (C=O) groups excluding carboxylic acids is 3. The van der Waals surface area contributed by atoms with Crippen LogP contribution in [-0.4, -0.2) is 35.5 Å². The number of nitrogens with two attached hydrogens (primary N) is 1.